The number of nitriles is 1. The molecule has 0 N–H and O–H groups in total. The predicted octanol–water partition coefficient (Wildman–Crippen LogP) is 2.69. The molecule has 1 aliphatic heterocycles. The van der Waals surface area contributed by atoms with E-state index in [0.717, 1.165) is 6.42 Å². The monoisotopic (exact) mass is 319 g/mol. The number of hydrogen-bond donors (Lipinski definition) is 0. The van der Waals surface area contributed by atoms with Crippen LogP contribution in [0.25, 0.3) is 0 Å². The minimum atomic E-state index is -0.986. The van der Waals surface area contributed by atoms with Gasteiger partial charge in [0.05, 0.1) is 12.0 Å². The zero-order chi connectivity index (χ0) is 17.2. The third-order valence-corrected chi connectivity index (χ3v) is 5.87. The van der Waals surface area contributed by atoms with E-state index in [0.29, 0.717) is 6.42 Å². The summed E-state index contributed by atoms with van der Waals surface area (Å²) >= 11 is 0. The first-order valence-corrected chi connectivity index (χ1v) is 8.44. The first-order valence-electron chi connectivity index (χ1n) is 8.44. The number of fused-ring (bicyclic) bond motifs is 1. The molecule has 1 saturated heterocycles. The van der Waals surface area contributed by atoms with E-state index < -0.39 is 17.5 Å². The van der Waals surface area contributed by atoms with Crippen LogP contribution in [-0.4, -0.2) is 24.1 Å². The van der Waals surface area contributed by atoms with E-state index in [4.69, 9.17) is 9.47 Å². The quantitative estimate of drug-likeness (QED) is 0.748. The van der Waals surface area contributed by atoms with Gasteiger partial charge in [0.25, 0.3) is 0 Å². The summed E-state index contributed by atoms with van der Waals surface area (Å²) in [5.41, 5.74) is -1.18. The molecule has 2 bridgehead atoms. The average Bonchev–Trinajstić information content (AvgIpc) is 2.98. The molecule has 0 radical (unpaired) electrons. The van der Waals surface area contributed by atoms with Gasteiger partial charge in [-0.3, -0.25) is 9.59 Å². The highest BCUT2D eigenvalue weighted by molar-refractivity contribution is 5.84. The Bertz CT molecular complexity index is 585. The molecule has 0 aromatic heterocycles. The maximum atomic E-state index is 12.7. The molecular weight excluding hydrogens is 294 g/mol. The van der Waals surface area contributed by atoms with Crippen LogP contribution in [0.1, 0.15) is 47.5 Å². The number of esters is 2. The number of nitrogens with zero attached hydrogens (tertiary/aromatic N) is 1. The highest BCUT2D eigenvalue weighted by Crippen LogP contribution is 2.62. The Morgan fingerprint density at radius 1 is 1.43 bits per heavy atom. The topological polar surface area (TPSA) is 76.4 Å². The molecule has 23 heavy (non-hydrogen) atoms. The number of ether oxygens (including phenoxy) is 2. The van der Waals surface area contributed by atoms with Gasteiger partial charge < -0.3 is 9.47 Å². The maximum absolute atomic E-state index is 12.7. The van der Waals surface area contributed by atoms with Crippen molar-refractivity contribution >= 4 is 11.9 Å². The van der Waals surface area contributed by atoms with Crippen LogP contribution in [0.15, 0.2) is 0 Å². The fraction of sp³-hybridized carbons (Fsp3) is 0.833. The van der Waals surface area contributed by atoms with Crippen LogP contribution in [-0.2, 0) is 19.1 Å². The third kappa shape index (κ3) is 2.18. The Labute approximate surface area is 137 Å². The van der Waals surface area contributed by atoms with Gasteiger partial charge in [-0.15, -0.1) is 0 Å². The molecule has 3 aliphatic rings. The molecule has 1 heterocycles. The predicted molar refractivity (Wildman–Crippen MR) is 81.8 cm³/mol. The Hall–Kier alpha value is -1.57. The summed E-state index contributed by atoms with van der Waals surface area (Å²) < 4.78 is 11.3. The van der Waals surface area contributed by atoms with E-state index >= 15 is 0 Å². The largest absolute Gasteiger partial charge is 0.458 e. The normalized spacial score (nSPS) is 39.3. The van der Waals surface area contributed by atoms with Crippen molar-refractivity contribution in [3.63, 3.8) is 0 Å². The van der Waals surface area contributed by atoms with E-state index in [1.165, 1.54) is 0 Å². The minimum Gasteiger partial charge on any atom is -0.458 e. The first kappa shape index (κ1) is 16.3. The second kappa shape index (κ2) is 4.96. The second-order valence-corrected chi connectivity index (χ2v) is 8.75. The van der Waals surface area contributed by atoms with Gasteiger partial charge >= 0.3 is 11.9 Å². The van der Waals surface area contributed by atoms with E-state index in [9.17, 15) is 14.9 Å². The number of hydrogen-bond acceptors (Lipinski definition) is 5. The lowest BCUT2D eigenvalue weighted by Gasteiger charge is -2.35. The summed E-state index contributed by atoms with van der Waals surface area (Å²) in [6, 6.07) is 2.17. The molecule has 0 aromatic carbocycles. The van der Waals surface area contributed by atoms with Gasteiger partial charge in [-0.25, -0.2) is 0 Å². The summed E-state index contributed by atoms with van der Waals surface area (Å²) in [5.74, 6) is -0.726. The summed E-state index contributed by atoms with van der Waals surface area (Å²) in [6.07, 6.45) is 0.384. The summed E-state index contributed by atoms with van der Waals surface area (Å²) in [6.45, 7) is 10.2. The van der Waals surface area contributed by atoms with E-state index in [1.807, 2.05) is 34.6 Å². The smallest absolute Gasteiger partial charge is 0.327 e. The fourth-order valence-corrected chi connectivity index (χ4v) is 5.12. The van der Waals surface area contributed by atoms with Crippen molar-refractivity contribution in [2.24, 2.45) is 34.5 Å². The summed E-state index contributed by atoms with van der Waals surface area (Å²) in [7, 11) is 0. The Morgan fingerprint density at radius 3 is 2.61 bits per heavy atom. The Kier molecular flexibility index (Phi) is 3.51. The van der Waals surface area contributed by atoms with Crippen molar-refractivity contribution in [1.82, 2.24) is 0 Å². The van der Waals surface area contributed by atoms with Crippen LogP contribution in [0.5, 0.6) is 0 Å². The molecule has 5 nitrogen and oxygen atoms in total. The minimum absolute atomic E-state index is 0.0628. The summed E-state index contributed by atoms with van der Waals surface area (Å²) in [4.78, 5) is 24.8. The molecule has 126 valence electrons. The fourth-order valence-electron chi connectivity index (χ4n) is 5.12. The van der Waals surface area contributed by atoms with Crippen molar-refractivity contribution in [2.45, 2.75) is 59.7 Å². The number of rotatable bonds is 3. The molecule has 6 atom stereocenters. The molecule has 2 aliphatic carbocycles. The Balaban J connectivity index is 1.78. The van der Waals surface area contributed by atoms with Gasteiger partial charge in [0.1, 0.15) is 12.2 Å². The molecular formula is C18H25NO4. The zero-order valence-corrected chi connectivity index (χ0v) is 14.5. The SMILES string of the molecule is CC(C)C(C(=O)OC1C2CC3C1OC(=O)C3(C#N)C2)C(C)(C)C. The van der Waals surface area contributed by atoms with Gasteiger partial charge in [-0.2, -0.15) is 5.26 Å². The lowest BCUT2D eigenvalue weighted by Crippen LogP contribution is -2.43. The Morgan fingerprint density at radius 2 is 2.09 bits per heavy atom. The summed E-state index contributed by atoms with van der Waals surface area (Å²) in [5, 5.41) is 9.41. The number of carbonyl (C=O) groups excluding carboxylic acids is 2. The average molecular weight is 319 g/mol. The third-order valence-electron chi connectivity index (χ3n) is 5.87. The molecule has 3 fully saturated rings. The van der Waals surface area contributed by atoms with Crippen molar-refractivity contribution in [2.75, 3.05) is 0 Å². The highest BCUT2D eigenvalue weighted by atomic mass is 16.6. The molecule has 0 aromatic rings. The lowest BCUT2D eigenvalue weighted by atomic mass is 9.73. The van der Waals surface area contributed by atoms with Crippen LogP contribution >= 0.6 is 0 Å². The van der Waals surface area contributed by atoms with E-state index in [1.54, 1.807) is 0 Å². The van der Waals surface area contributed by atoms with Gasteiger partial charge in [-0.05, 0) is 24.2 Å². The van der Waals surface area contributed by atoms with Gasteiger partial charge in [-0.1, -0.05) is 34.6 Å². The van der Waals surface area contributed by atoms with Crippen molar-refractivity contribution in [3.8, 4) is 6.07 Å². The second-order valence-electron chi connectivity index (χ2n) is 8.75. The first-order chi connectivity index (χ1) is 10.6. The van der Waals surface area contributed by atoms with Crippen LogP contribution in [0.2, 0.25) is 0 Å². The maximum Gasteiger partial charge on any atom is 0.327 e. The van der Waals surface area contributed by atoms with Crippen molar-refractivity contribution in [3.05, 3.63) is 0 Å². The molecule has 2 saturated carbocycles. The standard InChI is InChI=1S/C18H25NO4/c1-9(2)12(17(3,4)5)15(20)22-13-10-6-11-14(13)23-16(21)18(11,7-10)8-19/h9-14H,6-7H2,1-5H3. The molecule has 6 unspecified atom stereocenters. The number of carbonyl (C=O) groups is 2. The van der Waals surface area contributed by atoms with Crippen LogP contribution in [0, 0.1) is 45.8 Å². The molecule has 3 rings (SSSR count). The van der Waals surface area contributed by atoms with Gasteiger partial charge in [0.2, 0.25) is 0 Å². The van der Waals surface area contributed by atoms with Crippen LogP contribution in [0.4, 0.5) is 0 Å². The van der Waals surface area contributed by atoms with Gasteiger partial charge in [0.15, 0.2) is 5.41 Å². The van der Waals surface area contributed by atoms with Crippen LogP contribution < -0.4 is 0 Å². The van der Waals surface area contributed by atoms with Crippen molar-refractivity contribution in [1.29, 1.82) is 5.26 Å². The van der Waals surface area contributed by atoms with Crippen LogP contribution in [0.3, 0.4) is 0 Å². The van der Waals surface area contributed by atoms with Crippen molar-refractivity contribution < 1.29 is 19.1 Å². The lowest BCUT2D eigenvalue weighted by molar-refractivity contribution is -0.170. The van der Waals surface area contributed by atoms with E-state index in [-0.39, 0.29) is 41.2 Å². The highest BCUT2D eigenvalue weighted by Gasteiger charge is 2.72. The molecule has 5 heteroatoms. The zero-order valence-electron chi connectivity index (χ0n) is 14.5. The van der Waals surface area contributed by atoms with Gasteiger partial charge in [0, 0.05) is 11.8 Å². The molecule has 0 spiro atoms. The van der Waals surface area contributed by atoms with E-state index in [2.05, 4.69) is 6.07 Å². The molecule has 0 amide bonds.